The van der Waals surface area contributed by atoms with Gasteiger partial charge in [-0.25, -0.2) is 48.5 Å². The van der Waals surface area contributed by atoms with Crippen LogP contribution in [-0.2, 0) is 43.0 Å². The summed E-state index contributed by atoms with van der Waals surface area (Å²) in [4.78, 5) is 89.6. The number of rotatable bonds is 18. The molecular weight excluding hydrogens is 614 g/mol. The molecule has 3 unspecified atom stereocenters. The van der Waals surface area contributed by atoms with Gasteiger partial charge in [-0.1, -0.05) is 42.2 Å². The molecule has 1 aliphatic carbocycles. The zero-order valence-electron chi connectivity index (χ0n) is 26.4. The Morgan fingerprint density at radius 1 is 0.872 bits per heavy atom. The summed E-state index contributed by atoms with van der Waals surface area (Å²) in [6, 6.07) is -0.991. The van der Waals surface area contributed by atoms with Gasteiger partial charge in [0.15, 0.2) is 6.04 Å². The van der Waals surface area contributed by atoms with E-state index in [9.17, 15) is 33.6 Å². The first kappa shape index (κ1) is 46.9. The largest absolute Gasteiger partial charge is 0.462 e. The number of unbranched alkanes of at least 4 members (excludes halogenated alkanes) is 1. The molecule has 1 amide bonds. The fraction of sp³-hybridized carbons (Fsp3) is 0.719. The predicted octanol–water partition coefficient (Wildman–Crippen LogP) is 4.49. The molecule has 1 N–H and O–H groups in total. The number of amides is 1. The van der Waals surface area contributed by atoms with Crippen LogP contribution in [0.25, 0.3) is 0 Å². The van der Waals surface area contributed by atoms with E-state index < -0.39 is 24.1 Å². The summed E-state index contributed by atoms with van der Waals surface area (Å²) < 4.78 is 14.6. The monoisotopic (exact) mass is 665 g/mol. The maximum atomic E-state index is 11.9. The van der Waals surface area contributed by atoms with Crippen LogP contribution in [0.15, 0.2) is 32.1 Å². The predicted molar refractivity (Wildman–Crippen MR) is 174 cm³/mol. The van der Waals surface area contributed by atoms with Gasteiger partial charge in [0.05, 0.1) is 38.9 Å². The van der Waals surface area contributed by atoms with Crippen molar-refractivity contribution < 1.29 is 47.8 Å². The molecular formula is C32H51N5O10. The lowest BCUT2D eigenvalue weighted by Crippen LogP contribution is -2.39. The lowest BCUT2D eigenvalue weighted by molar-refractivity contribution is -0.145. The highest BCUT2D eigenvalue weighted by Gasteiger charge is 2.41. The van der Waals surface area contributed by atoms with E-state index in [2.05, 4.69) is 52.6 Å². The Kier molecular flexibility index (Phi) is 26.6. The number of alkyl carbamates (subject to hydrolysis) is 1. The Balaban J connectivity index is -0.000000912. The van der Waals surface area contributed by atoms with Gasteiger partial charge in [-0.2, -0.15) is 4.99 Å². The molecule has 1 aliphatic rings. The van der Waals surface area contributed by atoms with Crippen molar-refractivity contribution in [2.24, 2.45) is 30.8 Å². The molecule has 0 aromatic carbocycles. The SMILES string of the molecule is C.C.C=C(C)C(=O)OCCCOC(=O)NCCOC(=O)C(CCCCN=C=O)N=C=O.CC1(C)CC(N=C=O)CC(C)(CN=C=O)C1. The van der Waals surface area contributed by atoms with E-state index in [0.29, 0.717) is 25.8 Å². The second kappa shape index (κ2) is 26.7. The first-order valence-electron chi connectivity index (χ1n) is 14.4. The molecule has 1 saturated carbocycles. The van der Waals surface area contributed by atoms with Crippen molar-refractivity contribution in [3.63, 3.8) is 0 Å². The van der Waals surface area contributed by atoms with Crippen molar-refractivity contribution in [2.75, 3.05) is 39.5 Å². The lowest BCUT2D eigenvalue weighted by Gasteiger charge is -2.44. The van der Waals surface area contributed by atoms with Crippen LogP contribution >= 0.6 is 0 Å². The van der Waals surface area contributed by atoms with E-state index in [1.165, 1.54) is 19.1 Å². The minimum absolute atomic E-state index is 0. The van der Waals surface area contributed by atoms with E-state index in [1.807, 2.05) is 0 Å². The minimum Gasteiger partial charge on any atom is -0.462 e. The Bertz CT molecular complexity index is 1180. The lowest BCUT2D eigenvalue weighted by atomic mass is 9.63. The van der Waals surface area contributed by atoms with Crippen molar-refractivity contribution in [3.05, 3.63) is 12.2 Å². The topological polar surface area (TPSA) is 209 Å². The summed E-state index contributed by atoms with van der Waals surface area (Å²) in [7, 11) is 0. The zero-order valence-corrected chi connectivity index (χ0v) is 26.4. The standard InChI is InChI=1S/C18H25N3O8.C12H18N2O2.2CH4/c1-14(2)16(24)27-9-5-10-29-18(26)20-8-11-28-17(25)15(21-13-23)6-3-4-7-19-12-22;1-11(2)4-10(14-9-16)5-12(3,6-11)7-13-8-15;;/h15H,1,3-11H2,2H3,(H,20,26);10H,4-7H2,1-3H3;2*1H4. The van der Waals surface area contributed by atoms with Crippen molar-refractivity contribution in [1.29, 1.82) is 0 Å². The average Bonchev–Trinajstić information content (AvgIpc) is 2.96. The molecule has 264 valence electrons. The van der Waals surface area contributed by atoms with Crippen molar-refractivity contribution in [2.45, 2.75) is 99.6 Å². The third-order valence-corrected chi connectivity index (χ3v) is 6.44. The Labute approximate surface area is 277 Å². The third kappa shape index (κ3) is 23.5. The highest BCUT2D eigenvalue weighted by atomic mass is 16.6. The molecule has 0 bridgehead atoms. The highest BCUT2D eigenvalue weighted by Crippen LogP contribution is 2.47. The first-order chi connectivity index (χ1) is 21.3. The van der Waals surface area contributed by atoms with Crippen molar-refractivity contribution >= 4 is 42.4 Å². The molecule has 0 radical (unpaired) electrons. The second-order valence-corrected chi connectivity index (χ2v) is 11.5. The maximum absolute atomic E-state index is 11.9. The van der Waals surface area contributed by atoms with Crippen LogP contribution in [0.1, 0.15) is 87.5 Å². The summed E-state index contributed by atoms with van der Waals surface area (Å²) in [6.07, 6.45) is 9.49. The highest BCUT2D eigenvalue weighted by molar-refractivity contribution is 5.86. The quantitative estimate of drug-likeness (QED) is 0.0541. The number of ether oxygens (including phenoxy) is 3. The van der Waals surface area contributed by atoms with Gasteiger partial charge in [-0.15, -0.1) is 0 Å². The Morgan fingerprint density at radius 3 is 2.13 bits per heavy atom. The van der Waals surface area contributed by atoms with E-state index in [4.69, 9.17) is 14.2 Å². The van der Waals surface area contributed by atoms with Crippen molar-refractivity contribution in [1.82, 2.24) is 5.32 Å². The summed E-state index contributed by atoms with van der Waals surface area (Å²) >= 11 is 0. The average molecular weight is 666 g/mol. The van der Waals surface area contributed by atoms with Gasteiger partial charge in [0, 0.05) is 12.0 Å². The van der Waals surface area contributed by atoms with Crippen LogP contribution in [0.2, 0.25) is 0 Å². The summed E-state index contributed by atoms with van der Waals surface area (Å²) in [5.74, 6) is -1.23. The fourth-order valence-electron chi connectivity index (χ4n) is 4.92. The molecule has 0 aromatic rings. The molecule has 0 aromatic heterocycles. The smallest absolute Gasteiger partial charge is 0.407 e. The number of isocyanates is 4. The van der Waals surface area contributed by atoms with Crippen LogP contribution < -0.4 is 5.32 Å². The number of nitrogens with one attached hydrogen (secondary N) is 1. The molecule has 0 saturated heterocycles. The van der Waals surface area contributed by atoms with Gasteiger partial charge in [-0.3, -0.25) is 0 Å². The number of carbonyl (C=O) groups excluding carboxylic acids is 7. The van der Waals surface area contributed by atoms with Crippen molar-refractivity contribution in [3.8, 4) is 0 Å². The molecule has 0 heterocycles. The Morgan fingerprint density at radius 2 is 1.53 bits per heavy atom. The van der Waals surface area contributed by atoms with Gasteiger partial charge in [0.25, 0.3) is 0 Å². The third-order valence-electron chi connectivity index (χ3n) is 6.44. The Hall–Kier alpha value is -4.53. The molecule has 1 fully saturated rings. The van der Waals surface area contributed by atoms with Crippen LogP contribution in [0, 0.1) is 10.8 Å². The second-order valence-electron chi connectivity index (χ2n) is 11.5. The summed E-state index contributed by atoms with van der Waals surface area (Å²) in [5, 5.41) is 2.38. The zero-order chi connectivity index (χ0) is 34.1. The molecule has 0 aliphatic heterocycles. The molecule has 1 rings (SSSR count). The normalized spacial score (nSPS) is 17.5. The summed E-state index contributed by atoms with van der Waals surface area (Å²) in [5.41, 5.74) is 0.340. The fourth-order valence-corrected chi connectivity index (χ4v) is 4.92. The number of hydrogen-bond acceptors (Lipinski definition) is 14. The van der Waals surface area contributed by atoms with Crippen LogP contribution in [0.5, 0.6) is 0 Å². The van der Waals surface area contributed by atoms with Gasteiger partial charge >= 0.3 is 18.0 Å². The van der Waals surface area contributed by atoms with Gasteiger partial charge in [0.1, 0.15) is 6.61 Å². The van der Waals surface area contributed by atoms with E-state index in [-0.39, 0.29) is 76.6 Å². The number of esters is 2. The minimum atomic E-state index is -0.999. The van der Waals surface area contributed by atoms with E-state index in [1.54, 1.807) is 12.2 Å². The van der Waals surface area contributed by atoms with Crippen LogP contribution in [0.3, 0.4) is 0 Å². The van der Waals surface area contributed by atoms with Crippen LogP contribution in [-0.4, -0.2) is 93.9 Å². The maximum Gasteiger partial charge on any atom is 0.407 e. The summed E-state index contributed by atoms with van der Waals surface area (Å²) in [6.45, 7) is 12.1. The van der Waals surface area contributed by atoms with Gasteiger partial charge in [-0.05, 0) is 56.3 Å². The number of aliphatic imine (C=N–C) groups is 4. The number of hydrogen-bond donors (Lipinski definition) is 1. The molecule has 47 heavy (non-hydrogen) atoms. The molecule has 0 spiro atoms. The van der Waals surface area contributed by atoms with E-state index >= 15 is 0 Å². The molecule has 3 atom stereocenters. The van der Waals surface area contributed by atoms with Gasteiger partial charge in [0.2, 0.25) is 24.3 Å². The number of nitrogens with zero attached hydrogens (tertiary/aromatic N) is 4. The first-order valence-corrected chi connectivity index (χ1v) is 14.4. The van der Waals surface area contributed by atoms with Crippen LogP contribution in [0.4, 0.5) is 4.79 Å². The van der Waals surface area contributed by atoms with E-state index in [0.717, 1.165) is 19.3 Å². The van der Waals surface area contributed by atoms with Gasteiger partial charge < -0.3 is 19.5 Å². The molecule has 15 nitrogen and oxygen atoms in total. The number of carbonyl (C=O) groups is 3. The molecule has 15 heteroatoms.